The van der Waals surface area contributed by atoms with Gasteiger partial charge in [-0.15, -0.1) is 0 Å². The second kappa shape index (κ2) is 12.3. The SMILES string of the molecule is C=C(C)C(=O)O.C=Cc1ccccc1C.C=Cc1ccccc1C=C. The molecule has 0 saturated carbocycles. The maximum absolute atomic E-state index is 9.60. The first-order valence-electron chi connectivity index (χ1n) is 7.78. The van der Waals surface area contributed by atoms with Gasteiger partial charge in [-0.1, -0.05) is 93.1 Å². The van der Waals surface area contributed by atoms with Crippen LogP contribution in [0.15, 0.2) is 80.4 Å². The van der Waals surface area contributed by atoms with Crippen LogP contribution >= 0.6 is 0 Å². The number of aryl methyl sites for hydroxylation is 1. The van der Waals surface area contributed by atoms with Crippen LogP contribution in [0.5, 0.6) is 0 Å². The molecule has 0 unspecified atom stereocenters. The summed E-state index contributed by atoms with van der Waals surface area (Å²) in [5.41, 5.74) is 4.95. The fourth-order valence-electron chi connectivity index (χ4n) is 1.70. The molecule has 2 nitrogen and oxygen atoms in total. The fourth-order valence-corrected chi connectivity index (χ4v) is 1.70. The first kappa shape index (κ1) is 21.9. The molecule has 0 radical (unpaired) electrons. The minimum absolute atomic E-state index is 0.176. The Bertz CT molecular complexity index is 700. The lowest BCUT2D eigenvalue weighted by Gasteiger charge is -1.96. The zero-order chi connectivity index (χ0) is 19.2. The van der Waals surface area contributed by atoms with Crippen LogP contribution in [-0.2, 0) is 4.79 Å². The Balaban J connectivity index is 0.000000358. The highest BCUT2D eigenvalue weighted by Crippen LogP contribution is 2.10. The molecule has 0 saturated heterocycles. The Hall–Kier alpha value is -3.13. The normalized spacial score (nSPS) is 8.56. The van der Waals surface area contributed by atoms with Gasteiger partial charge in [0.15, 0.2) is 0 Å². The molecule has 0 fully saturated rings. The van der Waals surface area contributed by atoms with Gasteiger partial charge in [-0.25, -0.2) is 4.79 Å². The molecule has 1 N–H and O–H groups in total. The zero-order valence-electron chi connectivity index (χ0n) is 15.0. The van der Waals surface area contributed by atoms with Gasteiger partial charge in [-0.05, 0) is 36.1 Å². The lowest BCUT2D eigenvalue weighted by Crippen LogP contribution is -1.92. The lowest BCUT2D eigenvalue weighted by molar-refractivity contribution is -0.132. The smallest absolute Gasteiger partial charge is 0.330 e. The Labute approximate surface area is 151 Å². The summed E-state index contributed by atoms with van der Waals surface area (Å²) in [6, 6.07) is 16.2. The highest BCUT2D eigenvalue weighted by Gasteiger charge is 1.90. The number of carbonyl (C=O) groups is 1. The molecule has 2 rings (SSSR count). The van der Waals surface area contributed by atoms with Crippen LogP contribution in [0.25, 0.3) is 18.2 Å². The molecule has 0 amide bonds. The standard InChI is InChI=1S/C10H10.C9H10.C4H6O2/c1-3-9-7-5-6-8-10(9)4-2;1-3-9-7-5-4-6-8(9)2;1-3(2)4(5)6/h3-8H,1-2H2;3-7H,1H2,2H3;1H2,2H3,(H,5,6). The van der Waals surface area contributed by atoms with E-state index < -0.39 is 5.97 Å². The molecule has 0 aromatic heterocycles. The van der Waals surface area contributed by atoms with Gasteiger partial charge < -0.3 is 5.11 Å². The minimum atomic E-state index is -0.935. The number of benzene rings is 2. The summed E-state index contributed by atoms with van der Waals surface area (Å²) in [5.74, 6) is -0.935. The molecule has 0 aliphatic heterocycles. The number of hydrogen-bond acceptors (Lipinski definition) is 1. The molecular weight excluding hydrogens is 308 g/mol. The van der Waals surface area contributed by atoms with Crippen LogP contribution in [0, 0.1) is 6.92 Å². The minimum Gasteiger partial charge on any atom is -0.478 e. The van der Waals surface area contributed by atoms with Crippen LogP contribution in [0.1, 0.15) is 29.2 Å². The van der Waals surface area contributed by atoms with Gasteiger partial charge in [0.25, 0.3) is 0 Å². The van der Waals surface area contributed by atoms with Crippen LogP contribution in [0.3, 0.4) is 0 Å². The molecular formula is C23H26O2. The third-order valence-electron chi connectivity index (χ3n) is 3.21. The van der Waals surface area contributed by atoms with Gasteiger partial charge >= 0.3 is 5.97 Å². The van der Waals surface area contributed by atoms with Crippen LogP contribution in [0.2, 0.25) is 0 Å². The van der Waals surface area contributed by atoms with Gasteiger partial charge in [0.05, 0.1) is 0 Å². The van der Waals surface area contributed by atoms with Crippen LogP contribution in [0.4, 0.5) is 0 Å². The van der Waals surface area contributed by atoms with Crippen molar-refractivity contribution in [2.75, 3.05) is 0 Å². The average molecular weight is 334 g/mol. The molecule has 130 valence electrons. The van der Waals surface area contributed by atoms with E-state index in [4.69, 9.17) is 5.11 Å². The van der Waals surface area contributed by atoms with Crippen molar-refractivity contribution in [2.24, 2.45) is 0 Å². The largest absolute Gasteiger partial charge is 0.478 e. The summed E-state index contributed by atoms with van der Waals surface area (Å²) in [5, 5.41) is 7.89. The van der Waals surface area contributed by atoms with Crippen molar-refractivity contribution < 1.29 is 9.90 Å². The van der Waals surface area contributed by atoms with Crippen LogP contribution in [-0.4, -0.2) is 11.1 Å². The topological polar surface area (TPSA) is 37.3 Å². The molecule has 0 atom stereocenters. The van der Waals surface area contributed by atoms with E-state index in [0.29, 0.717) is 0 Å². The second-order valence-corrected chi connectivity index (χ2v) is 5.18. The van der Waals surface area contributed by atoms with Crippen molar-refractivity contribution in [1.29, 1.82) is 0 Å². The van der Waals surface area contributed by atoms with E-state index >= 15 is 0 Å². The quantitative estimate of drug-likeness (QED) is 0.670. The van der Waals surface area contributed by atoms with E-state index in [9.17, 15) is 4.79 Å². The molecule has 0 aliphatic carbocycles. The van der Waals surface area contributed by atoms with E-state index in [1.165, 1.54) is 18.1 Å². The van der Waals surface area contributed by atoms with Gasteiger partial charge in [0.1, 0.15) is 0 Å². The number of aliphatic carboxylic acids is 1. The van der Waals surface area contributed by atoms with E-state index in [1.54, 1.807) is 0 Å². The average Bonchev–Trinajstić information content (AvgIpc) is 2.63. The van der Waals surface area contributed by atoms with Crippen LogP contribution < -0.4 is 0 Å². The number of rotatable bonds is 4. The van der Waals surface area contributed by atoms with Crippen molar-refractivity contribution in [1.82, 2.24) is 0 Å². The van der Waals surface area contributed by atoms with Crippen molar-refractivity contribution in [2.45, 2.75) is 13.8 Å². The number of carboxylic acids is 1. The van der Waals surface area contributed by atoms with E-state index in [1.807, 2.05) is 54.6 Å². The van der Waals surface area contributed by atoms with E-state index in [0.717, 1.165) is 11.1 Å². The van der Waals surface area contributed by atoms with Crippen molar-refractivity contribution in [3.63, 3.8) is 0 Å². The second-order valence-electron chi connectivity index (χ2n) is 5.18. The third kappa shape index (κ3) is 8.92. The number of hydrogen-bond donors (Lipinski definition) is 1. The molecule has 2 aromatic rings. The first-order valence-corrected chi connectivity index (χ1v) is 7.78. The maximum atomic E-state index is 9.60. The molecule has 2 heteroatoms. The summed E-state index contributed by atoms with van der Waals surface area (Å²) in [4.78, 5) is 9.60. The monoisotopic (exact) mass is 334 g/mol. The fraction of sp³-hybridized carbons (Fsp3) is 0.0870. The first-order chi connectivity index (χ1) is 11.9. The Morgan fingerprint density at radius 2 is 1.16 bits per heavy atom. The molecule has 0 spiro atoms. The van der Waals surface area contributed by atoms with Crippen molar-refractivity contribution in [3.8, 4) is 0 Å². The van der Waals surface area contributed by atoms with E-state index in [-0.39, 0.29) is 5.57 Å². The predicted octanol–water partition coefficient (Wildman–Crippen LogP) is 6.26. The highest BCUT2D eigenvalue weighted by molar-refractivity contribution is 5.84. The van der Waals surface area contributed by atoms with Gasteiger partial charge in [0.2, 0.25) is 0 Å². The molecule has 0 bridgehead atoms. The zero-order valence-corrected chi connectivity index (χ0v) is 15.0. The van der Waals surface area contributed by atoms with Gasteiger partial charge in [0, 0.05) is 5.57 Å². The van der Waals surface area contributed by atoms with Crippen molar-refractivity contribution in [3.05, 3.63) is 103 Å². The third-order valence-corrected chi connectivity index (χ3v) is 3.21. The molecule has 25 heavy (non-hydrogen) atoms. The lowest BCUT2D eigenvalue weighted by atomic mass is 10.1. The molecule has 2 aromatic carbocycles. The molecule has 0 heterocycles. The van der Waals surface area contributed by atoms with E-state index in [2.05, 4.69) is 45.4 Å². The summed E-state index contributed by atoms with van der Waals surface area (Å²) in [7, 11) is 0. The summed E-state index contributed by atoms with van der Waals surface area (Å²) >= 11 is 0. The van der Waals surface area contributed by atoms with Gasteiger partial charge in [-0.2, -0.15) is 0 Å². The van der Waals surface area contributed by atoms with Gasteiger partial charge in [-0.3, -0.25) is 0 Å². The Morgan fingerprint density at radius 1 is 0.840 bits per heavy atom. The van der Waals surface area contributed by atoms with Crippen molar-refractivity contribution >= 4 is 24.2 Å². The summed E-state index contributed by atoms with van der Waals surface area (Å²) in [6.45, 7) is 17.8. The number of carboxylic acid groups (broad SMARTS) is 1. The summed E-state index contributed by atoms with van der Waals surface area (Å²) in [6.07, 6.45) is 5.53. The highest BCUT2D eigenvalue weighted by atomic mass is 16.4. The Kier molecular flexibility index (Phi) is 10.8. The Morgan fingerprint density at radius 3 is 1.40 bits per heavy atom. The summed E-state index contributed by atoms with van der Waals surface area (Å²) < 4.78 is 0. The molecule has 0 aliphatic rings. The maximum Gasteiger partial charge on any atom is 0.330 e. The predicted molar refractivity (Wildman–Crippen MR) is 110 cm³/mol.